The van der Waals surface area contributed by atoms with Crippen molar-refractivity contribution in [3.63, 3.8) is 0 Å². The van der Waals surface area contributed by atoms with Crippen LogP contribution in [-0.2, 0) is 4.74 Å². The molecule has 18 heavy (non-hydrogen) atoms. The molecule has 1 N–H and O–H groups in total. The third-order valence-electron chi connectivity index (χ3n) is 2.68. The lowest BCUT2D eigenvalue weighted by molar-refractivity contribution is -0.384. The number of rotatable bonds is 6. The van der Waals surface area contributed by atoms with Gasteiger partial charge in [0.1, 0.15) is 0 Å². The van der Waals surface area contributed by atoms with Crippen LogP contribution < -0.4 is 5.32 Å². The fraction of sp³-hybridized carbons (Fsp3) is 0.583. The van der Waals surface area contributed by atoms with Crippen molar-refractivity contribution in [2.24, 2.45) is 5.92 Å². The van der Waals surface area contributed by atoms with Gasteiger partial charge in [0.05, 0.1) is 17.6 Å². The third-order valence-corrected chi connectivity index (χ3v) is 2.68. The maximum absolute atomic E-state index is 10.9. The Morgan fingerprint density at radius 3 is 2.67 bits per heavy atom. The Bertz CT molecular complexity index is 421. The molecule has 1 atom stereocenters. The van der Waals surface area contributed by atoms with Gasteiger partial charge < -0.3 is 10.1 Å². The molecule has 0 bridgehead atoms. The number of nitro groups is 1. The van der Waals surface area contributed by atoms with Crippen LogP contribution in [0.25, 0.3) is 0 Å². The van der Waals surface area contributed by atoms with E-state index in [0.717, 1.165) is 5.69 Å². The van der Waals surface area contributed by atoms with Gasteiger partial charge in [0.2, 0.25) is 5.82 Å². The molecular weight excluding hydrogens is 234 g/mol. The van der Waals surface area contributed by atoms with Crippen LogP contribution in [0.15, 0.2) is 12.1 Å². The molecule has 1 unspecified atom stereocenters. The van der Waals surface area contributed by atoms with E-state index < -0.39 is 4.92 Å². The standard InChI is InChI=1S/C12H19N3O3/c1-8(2)10(7-18-4)14-12-11(15(16)17)6-5-9(3)13-12/h5-6,8,10H,7H2,1-4H3,(H,13,14). The second kappa shape index (κ2) is 6.30. The van der Waals surface area contributed by atoms with E-state index in [1.807, 2.05) is 13.8 Å². The minimum atomic E-state index is -0.432. The molecule has 100 valence electrons. The van der Waals surface area contributed by atoms with Crippen molar-refractivity contribution < 1.29 is 9.66 Å². The summed E-state index contributed by atoms with van der Waals surface area (Å²) >= 11 is 0. The van der Waals surface area contributed by atoms with E-state index in [-0.39, 0.29) is 17.6 Å². The van der Waals surface area contributed by atoms with Crippen LogP contribution in [-0.4, -0.2) is 29.7 Å². The Balaban J connectivity index is 3.00. The highest BCUT2D eigenvalue weighted by molar-refractivity contribution is 5.56. The van der Waals surface area contributed by atoms with Gasteiger partial charge in [-0.15, -0.1) is 0 Å². The van der Waals surface area contributed by atoms with Crippen LogP contribution in [0.1, 0.15) is 19.5 Å². The minimum Gasteiger partial charge on any atom is -0.383 e. The van der Waals surface area contributed by atoms with Gasteiger partial charge in [-0.1, -0.05) is 13.8 Å². The van der Waals surface area contributed by atoms with E-state index in [2.05, 4.69) is 10.3 Å². The lowest BCUT2D eigenvalue weighted by Gasteiger charge is -2.22. The second-order valence-corrected chi connectivity index (χ2v) is 4.53. The van der Waals surface area contributed by atoms with Gasteiger partial charge in [0.15, 0.2) is 0 Å². The van der Waals surface area contributed by atoms with E-state index in [1.54, 1.807) is 20.1 Å². The first-order valence-electron chi connectivity index (χ1n) is 5.83. The summed E-state index contributed by atoms with van der Waals surface area (Å²) in [5.74, 6) is 0.586. The van der Waals surface area contributed by atoms with Crippen molar-refractivity contribution in [1.82, 2.24) is 4.98 Å². The minimum absolute atomic E-state index is 0.0111. The number of nitrogens with one attached hydrogen (secondary N) is 1. The summed E-state index contributed by atoms with van der Waals surface area (Å²) in [6.07, 6.45) is 0. The fourth-order valence-corrected chi connectivity index (χ4v) is 1.56. The topological polar surface area (TPSA) is 77.3 Å². The van der Waals surface area contributed by atoms with Crippen LogP contribution in [0.2, 0.25) is 0 Å². The highest BCUT2D eigenvalue weighted by Crippen LogP contribution is 2.23. The number of methoxy groups -OCH3 is 1. The van der Waals surface area contributed by atoms with Crippen molar-refractivity contribution in [3.8, 4) is 0 Å². The normalized spacial score (nSPS) is 12.5. The highest BCUT2D eigenvalue weighted by Gasteiger charge is 2.20. The molecule has 1 aromatic heterocycles. The van der Waals surface area contributed by atoms with E-state index in [0.29, 0.717) is 12.4 Å². The quantitative estimate of drug-likeness (QED) is 0.622. The Labute approximate surface area is 107 Å². The molecular formula is C12H19N3O3. The SMILES string of the molecule is COCC(Nc1nc(C)ccc1[N+](=O)[O-])C(C)C. The Kier molecular flexibility index (Phi) is 5.03. The molecule has 1 rings (SSSR count). The maximum Gasteiger partial charge on any atom is 0.311 e. The van der Waals surface area contributed by atoms with Gasteiger partial charge in [-0.25, -0.2) is 4.98 Å². The lowest BCUT2D eigenvalue weighted by atomic mass is 10.1. The average molecular weight is 253 g/mol. The van der Waals surface area contributed by atoms with Crippen LogP contribution >= 0.6 is 0 Å². The van der Waals surface area contributed by atoms with Crippen molar-refractivity contribution in [2.75, 3.05) is 19.0 Å². The van der Waals surface area contributed by atoms with Crippen LogP contribution in [0.5, 0.6) is 0 Å². The maximum atomic E-state index is 10.9. The monoisotopic (exact) mass is 253 g/mol. The fourth-order valence-electron chi connectivity index (χ4n) is 1.56. The molecule has 0 amide bonds. The molecule has 0 aliphatic carbocycles. The van der Waals surface area contributed by atoms with E-state index in [9.17, 15) is 10.1 Å². The smallest absolute Gasteiger partial charge is 0.311 e. The highest BCUT2D eigenvalue weighted by atomic mass is 16.6. The van der Waals surface area contributed by atoms with Gasteiger partial charge in [0.25, 0.3) is 0 Å². The number of hydrogen-bond acceptors (Lipinski definition) is 5. The van der Waals surface area contributed by atoms with Crippen molar-refractivity contribution in [1.29, 1.82) is 0 Å². The van der Waals surface area contributed by atoms with Crippen molar-refractivity contribution in [2.45, 2.75) is 26.8 Å². The van der Waals surface area contributed by atoms with Gasteiger partial charge in [-0.3, -0.25) is 10.1 Å². The molecule has 0 radical (unpaired) electrons. The molecule has 6 heteroatoms. The van der Waals surface area contributed by atoms with Crippen molar-refractivity contribution in [3.05, 3.63) is 27.9 Å². The molecule has 0 aromatic carbocycles. The summed E-state index contributed by atoms with van der Waals surface area (Å²) in [6, 6.07) is 3.08. The predicted molar refractivity (Wildman–Crippen MR) is 69.8 cm³/mol. The molecule has 1 aromatic rings. The average Bonchev–Trinajstić information content (AvgIpc) is 2.28. The molecule has 0 saturated heterocycles. The predicted octanol–water partition coefficient (Wildman–Crippen LogP) is 2.38. The van der Waals surface area contributed by atoms with Gasteiger partial charge in [-0.05, 0) is 18.9 Å². The largest absolute Gasteiger partial charge is 0.383 e. The molecule has 0 spiro atoms. The van der Waals surface area contributed by atoms with E-state index in [4.69, 9.17) is 4.74 Å². The van der Waals surface area contributed by atoms with Crippen LogP contribution in [0, 0.1) is 23.0 Å². The Hall–Kier alpha value is -1.69. The number of pyridine rings is 1. The summed E-state index contributed by atoms with van der Waals surface area (Å²) in [6.45, 7) is 6.33. The molecule has 6 nitrogen and oxygen atoms in total. The number of aryl methyl sites for hydroxylation is 1. The molecule has 0 aliphatic rings. The van der Waals surface area contributed by atoms with Gasteiger partial charge in [-0.2, -0.15) is 0 Å². The molecule has 0 saturated carbocycles. The zero-order valence-corrected chi connectivity index (χ0v) is 11.1. The summed E-state index contributed by atoms with van der Waals surface area (Å²) in [7, 11) is 1.61. The lowest BCUT2D eigenvalue weighted by Crippen LogP contribution is -2.31. The number of hydrogen-bond donors (Lipinski definition) is 1. The zero-order chi connectivity index (χ0) is 13.7. The van der Waals surface area contributed by atoms with Crippen LogP contribution in [0.4, 0.5) is 11.5 Å². The summed E-state index contributed by atoms with van der Waals surface area (Å²) < 4.78 is 5.11. The van der Waals surface area contributed by atoms with Gasteiger partial charge in [0, 0.05) is 18.9 Å². The Morgan fingerprint density at radius 1 is 1.50 bits per heavy atom. The second-order valence-electron chi connectivity index (χ2n) is 4.53. The first-order valence-corrected chi connectivity index (χ1v) is 5.83. The number of ether oxygens (including phenoxy) is 1. The Morgan fingerprint density at radius 2 is 2.17 bits per heavy atom. The molecule has 1 heterocycles. The zero-order valence-electron chi connectivity index (χ0n) is 11.1. The first kappa shape index (κ1) is 14.4. The first-order chi connectivity index (χ1) is 8.45. The van der Waals surface area contributed by atoms with E-state index in [1.165, 1.54) is 6.07 Å². The molecule has 0 fully saturated rings. The van der Waals surface area contributed by atoms with Crippen molar-refractivity contribution >= 4 is 11.5 Å². The summed E-state index contributed by atoms with van der Waals surface area (Å²) in [5, 5.41) is 14.0. The summed E-state index contributed by atoms with van der Waals surface area (Å²) in [5.41, 5.74) is 0.727. The number of anilines is 1. The van der Waals surface area contributed by atoms with Gasteiger partial charge >= 0.3 is 5.69 Å². The summed E-state index contributed by atoms with van der Waals surface area (Å²) in [4.78, 5) is 14.7. The number of aromatic nitrogens is 1. The third kappa shape index (κ3) is 3.66. The molecule has 0 aliphatic heterocycles. The number of nitrogens with zero attached hydrogens (tertiary/aromatic N) is 2. The van der Waals surface area contributed by atoms with E-state index >= 15 is 0 Å². The van der Waals surface area contributed by atoms with Crippen LogP contribution in [0.3, 0.4) is 0 Å².